The van der Waals surface area contributed by atoms with Crippen LogP contribution in [0.5, 0.6) is 11.5 Å². The molecule has 13 heteroatoms. The summed E-state index contributed by atoms with van der Waals surface area (Å²) in [5.74, 6) is -3.98. The second-order valence-corrected chi connectivity index (χ2v) is 11.5. The molecule has 1 unspecified atom stereocenters. The number of ether oxygens (including phenoxy) is 2. The van der Waals surface area contributed by atoms with Crippen LogP contribution in [-0.2, 0) is 9.57 Å². The Morgan fingerprint density at radius 3 is 2.50 bits per heavy atom. The lowest BCUT2D eigenvalue weighted by atomic mass is 10.0. The number of nitrogens with one attached hydrogen (secondary N) is 2. The highest BCUT2D eigenvalue weighted by Gasteiger charge is 2.22. The molecule has 0 aliphatic carbocycles. The molecule has 2 aromatic heterocycles. The first-order chi connectivity index (χ1) is 24.2. The summed E-state index contributed by atoms with van der Waals surface area (Å²) in [6.07, 6.45) is 4.40. The van der Waals surface area contributed by atoms with E-state index in [9.17, 15) is 28.3 Å². The van der Waals surface area contributed by atoms with E-state index < -0.39 is 29.8 Å². The molecule has 0 radical (unpaired) electrons. The average molecular weight is 680 g/mol. The Balaban J connectivity index is 1.30. The van der Waals surface area contributed by atoms with E-state index in [4.69, 9.17) is 18.7 Å². The lowest BCUT2D eigenvalue weighted by Gasteiger charge is -2.22. The average Bonchev–Trinajstić information content (AvgIpc) is 3.10. The summed E-state index contributed by atoms with van der Waals surface area (Å²) in [4.78, 5) is 49.0. The molecule has 11 nitrogen and oxygen atoms in total. The van der Waals surface area contributed by atoms with Gasteiger partial charge in [0.15, 0.2) is 11.7 Å². The van der Waals surface area contributed by atoms with Gasteiger partial charge in [0.25, 0.3) is 5.91 Å². The van der Waals surface area contributed by atoms with Gasteiger partial charge in [-0.05, 0) is 48.7 Å². The van der Waals surface area contributed by atoms with E-state index in [2.05, 4.69) is 15.8 Å². The van der Waals surface area contributed by atoms with Crippen molar-refractivity contribution >= 4 is 45.1 Å². The third kappa shape index (κ3) is 6.86. The smallest absolute Gasteiger partial charge is 0.335 e. The van der Waals surface area contributed by atoms with Crippen molar-refractivity contribution < 1.29 is 42.2 Å². The Morgan fingerprint density at radius 2 is 1.72 bits per heavy atom. The number of benzene rings is 4. The van der Waals surface area contributed by atoms with Gasteiger partial charge in [0.1, 0.15) is 35.0 Å². The van der Waals surface area contributed by atoms with Gasteiger partial charge in [-0.2, -0.15) is 0 Å². The van der Waals surface area contributed by atoms with Crippen molar-refractivity contribution in [1.29, 1.82) is 0 Å². The molecule has 4 aromatic carbocycles. The SMILES string of the molecule is O=C(O)c1cc(Nc2c(C(=O)NOC3CCCCO3)cnc3cc(-c4coc5ccccc5c4=O)ccc23)cc(Oc2cc(F)cc(F)c2)c1. The van der Waals surface area contributed by atoms with Crippen molar-refractivity contribution in [3.8, 4) is 22.6 Å². The van der Waals surface area contributed by atoms with Crippen LogP contribution in [0.2, 0.25) is 0 Å². The summed E-state index contributed by atoms with van der Waals surface area (Å²) in [6, 6.07) is 18.3. The minimum Gasteiger partial charge on any atom is -0.478 e. The van der Waals surface area contributed by atoms with Crippen molar-refractivity contribution in [2.45, 2.75) is 25.6 Å². The van der Waals surface area contributed by atoms with Gasteiger partial charge < -0.3 is 24.3 Å². The van der Waals surface area contributed by atoms with Gasteiger partial charge in [-0.1, -0.05) is 24.3 Å². The largest absolute Gasteiger partial charge is 0.478 e. The van der Waals surface area contributed by atoms with E-state index in [-0.39, 0.29) is 39.4 Å². The number of carbonyl (C=O) groups excluding carboxylic acids is 1. The molecule has 3 N–H and O–H groups in total. The molecule has 1 aliphatic rings. The Kier molecular flexibility index (Phi) is 8.90. The number of aromatic carboxylic acids is 1. The number of hydroxylamine groups is 1. The Morgan fingerprint density at radius 1 is 0.920 bits per heavy atom. The predicted octanol–water partition coefficient (Wildman–Crippen LogP) is 7.71. The maximum Gasteiger partial charge on any atom is 0.335 e. The lowest BCUT2D eigenvalue weighted by Crippen LogP contribution is -2.33. The molecule has 1 atom stereocenters. The van der Waals surface area contributed by atoms with Gasteiger partial charge in [-0.15, -0.1) is 0 Å². The van der Waals surface area contributed by atoms with Crippen LogP contribution in [0.4, 0.5) is 20.2 Å². The van der Waals surface area contributed by atoms with Crippen LogP contribution in [0.3, 0.4) is 0 Å². The molecule has 6 aromatic rings. The summed E-state index contributed by atoms with van der Waals surface area (Å²) >= 11 is 0. The molecular weight excluding hydrogens is 652 g/mol. The molecule has 0 spiro atoms. The number of fused-ring (bicyclic) bond motifs is 2. The summed E-state index contributed by atoms with van der Waals surface area (Å²) < 4.78 is 44.6. The molecule has 0 saturated carbocycles. The number of carboxylic acid groups (broad SMARTS) is 1. The number of hydrogen-bond acceptors (Lipinski definition) is 9. The molecule has 1 aliphatic heterocycles. The normalized spacial score (nSPS) is 14.4. The lowest BCUT2D eigenvalue weighted by molar-refractivity contribution is -0.186. The molecule has 1 fully saturated rings. The van der Waals surface area contributed by atoms with Gasteiger partial charge in [0, 0.05) is 54.6 Å². The Labute approximate surface area is 282 Å². The van der Waals surface area contributed by atoms with E-state index in [1.165, 1.54) is 30.7 Å². The van der Waals surface area contributed by atoms with Crippen molar-refractivity contribution in [2.75, 3.05) is 11.9 Å². The van der Waals surface area contributed by atoms with Crippen molar-refractivity contribution in [2.24, 2.45) is 0 Å². The highest BCUT2D eigenvalue weighted by Crippen LogP contribution is 2.35. The van der Waals surface area contributed by atoms with E-state index >= 15 is 0 Å². The number of hydrogen-bond donors (Lipinski definition) is 3. The maximum atomic E-state index is 13.9. The predicted molar refractivity (Wildman–Crippen MR) is 178 cm³/mol. The first-order valence-corrected chi connectivity index (χ1v) is 15.5. The van der Waals surface area contributed by atoms with Gasteiger partial charge in [-0.25, -0.2) is 23.9 Å². The number of pyridine rings is 1. The number of amides is 1. The summed E-state index contributed by atoms with van der Waals surface area (Å²) in [5.41, 5.74) is 4.00. The Hall–Kier alpha value is -6.18. The molecule has 1 amide bonds. The molecular formula is C37H27F2N3O8. The number of carbonyl (C=O) groups is 2. The minimum absolute atomic E-state index is 0.0293. The number of carboxylic acids is 1. The monoisotopic (exact) mass is 679 g/mol. The fourth-order valence-corrected chi connectivity index (χ4v) is 5.64. The summed E-state index contributed by atoms with van der Waals surface area (Å²) in [6.45, 7) is 0.495. The summed E-state index contributed by atoms with van der Waals surface area (Å²) in [5, 5.41) is 13.8. The molecule has 1 saturated heterocycles. The number of nitrogens with zero attached hydrogens (tertiary/aromatic N) is 1. The molecule has 0 bridgehead atoms. The van der Waals surface area contributed by atoms with Crippen LogP contribution >= 0.6 is 0 Å². The number of rotatable bonds is 9. The zero-order chi connectivity index (χ0) is 34.8. The van der Waals surface area contributed by atoms with E-state index in [0.29, 0.717) is 52.1 Å². The van der Waals surface area contributed by atoms with E-state index in [0.717, 1.165) is 25.0 Å². The molecule has 50 heavy (non-hydrogen) atoms. The van der Waals surface area contributed by atoms with E-state index in [1.807, 2.05) is 0 Å². The van der Waals surface area contributed by atoms with Crippen LogP contribution in [0.15, 0.2) is 101 Å². The molecule has 7 rings (SSSR count). The topological polar surface area (TPSA) is 149 Å². The Bertz CT molecular complexity index is 2320. The van der Waals surface area contributed by atoms with Gasteiger partial charge >= 0.3 is 5.97 Å². The summed E-state index contributed by atoms with van der Waals surface area (Å²) in [7, 11) is 0. The third-order valence-corrected chi connectivity index (χ3v) is 8.02. The number of para-hydroxylation sites is 1. The minimum atomic E-state index is -1.30. The fraction of sp³-hybridized carbons (Fsp3) is 0.135. The first-order valence-electron chi connectivity index (χ1n) is 15.5. The highest BCUT2D eigenvalue weighted by molar-refractivity contribution is 6.08. The van der Waals surface area contributed by atoms with Crippen molar-refractivity contribution in [1.82, 2.24) is 10.5 Å². The molecule has 252 valence electrons. The van der Waals surface area contributed by atoms with Gasteiger partial charge in [0.2, 0.25) is 0 Å². The van der Waals surface area contributed by atoms with Crippen LogP contribution in [0, 0.1) is 11.6 Å². The van der Waals surface area contributed by atoms with Crippen LogP contribution < -0.4 is 21.0 Å². The zero-order valence-electron chi connectivity index (χ0n) is 26.1. The quantitative estimate of drug-likeness (QED) is 0.130. The van der Waals surface area contributed by atoms with Crippen LogP contribution in [0.25, 0.3) is 33.0 Å². The highest BCUT2D eigenvalue weighted by atomic mass is 19.1. The standard InChI is InChI=1S/C37H27F2N3O8/c38-22-14-23(39)16-26(15-22)49-25-12-21(37(45)46)11-24(17-25)41-34-27-9-8-20(30-19-48-32-6-2-1-5-28(32)35(30)43)13-31(27)40-18-29(34)36(44)42-50-33-7-3-4-10-47-33/h1-2,5-6,8-9,11-19,33H,3-4,7,10H2,(H,40,41)(H,42,44)(H,45,46). The number of aromatic nitrogens is 1. The van der Waals surface area contributed by atoms with Crippen LogP contribution in [0.1, 0.15) is 40.0 Å². The fourth-order valence-electron chi connectivity index (χ4n) is 5.64. The van der Waals surface area contributed by atoms with Gasteiger partial charge in [0.05, 0.1) is 33.3 Å². The van der Waals surface area contributed by atoms with Crippen molar-refractivity contribution in [3.05, 3.63) is 124 Å². The van der Waals surface area contributed by atoms with Crippen LogP contribution in [-0.4, -0.2) is 34.9 Å². The van der Waals surface area contributed by atoms with E-state index in [1.54, 1.807) is 42.5 Å². The first kappa shape index (κ1) is 32.4. The maximum absolute atomic E-state index is 13.9. The zero-order valence-corrected chi connectivity index (χ0v) is 26.1. The van der Waals surface area contributed by atoms with Crippen molar-refractivity contribution in [3.63, 3.8) is 0 Å². The second-order valence-electron chi connectivity index (χ2n) is 11.5. The van der Waals surface area contributed by atoms with Gasteiger partial charge in [-0.3, -0.25) is 14.6 Å². The number of halogens is 2. The number of anilines is 2. The third-order valence-electron chi connectivity index (χ3n) is 8.02. The molecule has 3 heterocycles. The second kappa shape index (κ2) is 13.7.